The van der Waals surface area contributed by atoms with Crippen LogP contribution in [-0.4, -0.2) is 60.5 Å². The number of hydrogen-bond acceptors (Lipinski definition) is 5. The lowest BCUT2D eigenvalue weighted by molar-refractivity contribution is -0.0379. The van der Waals surface area contributed by atoms with Crippen LogP contribution in [0.2, 0.25) is 0 Å². The van der Waals surface area contributed by atoms with Gasteiger partial charge in [0.15, 0.2) is 0 Å². The van der Waals surface area contributed by atoms with Gasteiger partial charge in [0.25, 0.3) is 0 Å². The first-order valence-electron chi connectivity index (χ1n) is 8.43. The molecule has 1 amide bonds. The van der Waals surface area contributed by atoms with E-state index < -0.39 is 5.60 Å². The van der Waals surface area contributed by atoms with E-state index in [1.807, 2.05) is 33.2 Å². The zero-order chi connectivity index (χ0) is 17.7. The summed E-state index contributed by atoms with van der Waals surface area (Å²) in [5, 5.41) is 3.53. The van der Waals surface area contributed by atoms with Crippen molar-refractivity contribution in [3.8, 4) is 0 Å². The van der Waals surface area contributed by atoms with Crippen LogP contribution in [0.5, 0.6) is 0 Å². The molecule has 134 valence electrons. The molecular weight excluding hydrogens is 306 g/mol. The largest absolute Gasteiger partial charge is 0.444 e. The summed E-state index contributed by atoms with van der Waals surface area (Å²) in [6.07, 6.45) is 4.38. The molecule has 1 saturated heterocycles. The van der Waals surface area contributed by atoms with Gasteiger partial charge in [-0.2, -0.15) is 0 Å². The Labute approximate surface area is 144 Å². The van der Waals surface area contributed by atoms with Gasteiger partial charge in [0.1, 0.15) is 5.60 Å². The number of nitrogens with one attached hydrogen (secondary N) is 1. The first kappa shape index (κ1) is 18.7. The molecule has 1 N–H and O–H groups in total. The van der Waals surface area contributed by atoms with Crippen LogP contribution < -0.4 is 5.32 Å². The highest BCUT2D eigenvalue weighted by Crippen LogP contribution is 2.22. The highest BCUT2D eigenvalue weighted by atomic mass is 16.6. The summed E-state index contributed by atoms with van der Waals surface area (Å²) in [5.74, 6) is 0. The maximum atomic E-state index is 12.2. The van der Waals surface area contributed by atoms with Crippen LogP contribution in [-0.2, 0) is 15.9 Å². The lowest BCUT2D eigenvalue weighted by Crippen LogP contribution is -2.69. The summed E-state index contributed by atoms with van der Waals surface area (Å²) in [4.78, 5) is 18.1. The number of amides is 1. The molecule has 1 aliphatic rings. The van der Waals surface area contributed by atoms with E-state index in [0.717, 1.165) is 13.0 Å². The smallest absolute Gasteiger partial charge is 0.410 e. The summed E-state index contributed by atoms with van der Waals surface area (Å²) in [7, 11) is 1.66. The van der Waals surface area contributed by atoms with E-state index in [2.05, 4.69) is 23.3 Å². The zero-order valence-corrected chi connectivity index (χ0v) is 15.3. The van der Waals surface area contributed by atoms with E-state index in [4.69, 9.17) is 9.47 Å². The maximum Gasteiger partial charge on any atom is 0.410 e. The Hall–Kier alpha value is -1.66. The monoisotopic (exact) mass is 335 g/mol. The molecular formula is C18H29N3O3. The van der Waals surface area contributed by atoms with Gasteiger partial charge < -0.3 is 14.8 Å². The maximum absolute atomic E-state index is 12.2. The Morgan fingerprint density at radius 1 is 1.46 bits per heavy atom. The van der Waals surface area contributed by atoms with E-state index >= 15 is 0 Å². The highest BCUT2D eigenvalue weighted by molar-refractivity contribution is 5.70. The zero-order valence-electron chi connectivity index (χ0n) is 15.3. The summed E-state index contributed by atoms with van der Waals surface area (Å²) in [6, 6.07) is 2.31. The molecule has 0 aromatic carbocycles. The molecule has 6 nitrogen and oxygen atoms in total. The molecule has 2 rings (SSSR count). The van der Waals surface area contributed by atoms with Crippen LogP contribution in [0.1, 0.15) is 31.9 Å². The second-order valence-corrected chi connectivity index (χ2v) is 7.27. The van der Waals surface area contributed by atoms with Crippen LogP contribution in [0.15, 0.2) is 18.5 Å². The van der Waals surface area contributed by atoms with E-state index in [-0.39, 0.29) is 18.2 Å². The summed E-state index contributed by atoms with van der Waals surface area (Å²) in [6.45, 7) is 9.72. The molecule has 2 atom stereocenters. The fourth-order valence-electron chi connectivity index (χ4n) is 2.83. The minimum Gasteiger partial charge on any atom is -0.444 e. The predicted octanol–water partition coefficient (Wildman–Crippen LogP) is 2.16. The summed E-state index contributed by atoms with van der Waals surface area (Å²) >= 11 is 0. The number of rotatable bonds is 6. The van der Waals surface area contributed by atoms with Gasteiger partial charge in [-0.3, -0.25) is 9.88 Å². The number of aromatic nitrogens is 1. The number of hydrogen-bond donors (Lipinski definition) is 1. The van der Waals surface area contributed by atoms with Crippen molar-refractivity contribution in [2.75, 3.05) is 26.8 Å². The van der Waals surface area contributed by atoms with Gasteiger partial charge in [0.05, 0.1) is 12.6 Å². The molecule has 1 aromatic rings. The van der Waals surface area contributed by atoms with Crippen LogP contribution in [0, 0.1) is 6.92 Å². The van der Waals surface area contributed by atoms with Crippen LogP contribution in [0.25, 0.3) is 0 Å². The Balaban J connectivity index is 1.83. The standard InChI is InChI=1S/C18H29N3O3/c1-13-10-19-8-6-14(13)7-9-20-15-11-21(16(15)12-23-5)17(22)24-18(2,3)4/h6,8,10,15-16,20H,7,9,11-12H2,1-5H3. The molecule has 2 unspecified atom stereocenters. The van der Waals surface area contributed by atoms with Gasteiger partial charge >= 0.3 is 6.09 Å². The average Bonchev–Trinajstić information content (AvgIpc) is 2.47. The second kappa shape index (κ2) is 7.94. The van der Waals surface area contributed by atoms with E-state index in [0.29, 0.717) is 13.2 Å². The fraction of sp³-hybridized carbons (Fsp3) is 0.667. The molecule has 0 radical (unpaired) electrons. The SMILES string of the molecule is COCC1C(NCCc2ccncc2C)CN1C(=O)OC(C)(C)C. The van der Waals surface area contributed by atoms with Gasteiger partial charge in [0.2, 0.25) is 0 Å². The third-order valence-electron chi connectivity index (χ3n) is 4.16. The third kappa shape index (κ3) is 4.92. The van der Waals surface area contributed by atoms with Crippen LogP contribution in [0.3, 0.4) is 0 Å². The second-order valence-electron chi connectivity index (χ2n) is 7.27. The van der Waals surface area contributed by atoms with E-state index in [1.165, 1.54) is 11.1 Å². The van der Waals surface area contributed by atoms with Crippen molar-refractivity contribution in [3.63, 3.8) is 0 Å². The van der Waals surface area contributed by atoms with Crippen molar-refractivity contribution in [2.45, 2.75) is 51.8 Å². The van der Waals surface area contributed by atoms with Gasteiger partial charge in [-0.15, -0.1) is 0 Å². The van der Waals surface area contributed by atoms with Crippen molar-refractivity contribution in [2.24, 2.45) is 0 Å². The Kier molecular flexibility index (Phi) is 6.18. The number of aryl methyl sites for hydroxylation is 1. The molecule has 6 heteroatoms. The molecule has 0 aliphatic carbocycles. The van der Waals surface area contributed by atoms with Crippen molar-refractivity contribution in [1.29, 1.82) is 0 Å². The molecule has 1 fully saturated rings. The fourth-order valence-corrected chi connectivity index (χ4v) is 2.83. The molecule has 0 saturated carbocycles. The average molecular weight is 335 g/mol. The molecule has 1 aliphatic heterocycles. The van der Waals surface area contributed by atoms with Crippen LogP contribution >= 0.6 is 0 Å². The molecule has 24 heavy (non-hydrogen) atoms. The normalized spacial score (nSPS) is 20.6. The van der Waals surface area contributed by atoms with Crippen molar-refractivity contribution < 1.29 is 14.3 Å². The van der Waals surface area contributed by atoms with Gasteiger partial charge in [-0.05, 0) is 57.9 Å². The van der Waals surface area contributed by atoms with Crippen LogP contribution in [0.4, 0.5) is 4.79 Å². The van der Waals surface area contributed by atoms with E-state index in [9.17, 15) is 4.79 Å². The van der Waals surface area contributed by atoms with Gasteiger partial charge in [0, 0.05) is 32.1 Å². The first-order chi connectivity index (χ1) is 11.3. The lowest BCUT2D eigenvalue weighted by Gasteiger charge is -2.48. The quantitative estimate of drug-likeness (QED) is 0.863. The number of ether oxygens (including phenoxy) is 2. The van der Waals surface area contributed by atoms with Crippen molar-refractivity contribution >= 4 is 6.09 Å². The predicted molar refractivity (Wildman–Crippen MR) is 93.1 cm³/mol. The minimum absolute atomic E-state index is 0.0170. The number of methoxy groups -OCH3 is 1. The van der Waals surface area contributed by atoms with Crippen molar-refractivity contribution in [1.82, 2.24) is 15.2 Å². The Morgan fingerprint density at radius 2 is 2.21 bits per heavy atom. The third-order valence-corrected chi connectivity index (χ3v) is 4.16. The number of likely N-dealkylation sites (tertiary alicyclic amines) is 1. The highest BCUT2D eigenvalue weighted by Gasteiger charge is 2.43. The molecule has 0 spiro atoms. The van der Waals surface area contributed by atoms with Gasteiger partial charge in [-0.1, -0.05) is 0 Å². The minimum atomic E-state index is -0.480. The summed E-state index contributed by atoms with van der Waals surface area (Å²) < 4.78 is 10.7. The molecule has 1 aromatic heterocycles. The molecule has 2 heterocycles. The first-order valence-corrected chi connectivity index (χ1v) is 8.43. The van der Waals surface area contributed by atoms with E-state index in [1.54, 1.807) is 12.0 Å². The summed E-state index contributed by atoms with van der Waals surface area (Å²) in [5.41, 5.74) is 2.02. The Morgan fingerprint density at radius 3 is 2.83 bits per heavy atom. The lowest BCUT2D eigenvalue weighted by atomic mass is 9.97. The van der Waals surface area contributed by atoms with Gasteiger partial charge in [-0.25, -0.2) is 4.79 Å². The molecule has 0 bridgehead atoms. The number of carbonyl (C=O) groups is 1. The van der Waals surface area contributed by atoms with Crippen molar-refractivity contribution in [3.05, 3.63) is 29.6 Å². The number of carbonyl (C=O) groups excluding carboxylic acids is 1. The Bertz CT molecular complexity index is 557. The topological polar surface area (TPSA) is 63.7 Å². The number of pyridine rings is 1. The number of nitrogens with zero attached hydrogens (tertiary/aromatic N) is 2.